The molecular formula is C18H37N3O2. The van der Waals surface area contributed by atoms with Crippen LogP contribution in [0.3, 0.4) is 0 Å². The van der Waals surface area contributed by atoms with E-state index in [1.54, 1.807) is 0 Å². The lowest BCUT2D eigenvalue weighted by Gasteiger charge is -2.29. The third-order valence-corrected chi connectivity index (χ3v) is 4.39. The first-order valence-corrected chi connectivity index (χ1v) is 9.16. The number of nitrogens with zero attached hydrogens (tertiary/aromatic N) is 1. The highest BCUT2D eigenvalue weighted by Crippen LogP contribution is 2.13. The van der Waals surface area contributed by atoms with Crippen molar-refractivity contribution in [3.63, 3.8) is 0 Å². The van der Waals surface area contributed by atoms with Crippen LogP contribution in [0.4, 0.5) is 4.79 Å². The van der Waals surface area contributed by atoms with Crippen molar-refractivity contribution in [1.82, 2.24) is 15.5 Å². The molecule has 23 heavy (non-hydrogen) atoms. The molecule has 0 aromatic carbocycles. The third-order valence-electron chi connectivity index (χ3n) is 4.39. The summed E-state index contributed by atoms with van der Waals surface area (Å²) in [7, 11) is 0. The number of likely N-dealkylation sites (tertiary alicyclic amines) is 1. The van der Waals surface area contributed by atoms with Crippen LogP contribution in [-0.2, 0) is 4.74 Å². The Balaban J connectivity index is 2.44. The number of nitrogens with one attached hydrogen (secondary N) is 2. The van der Waals surface area contributed by atoms with Gasteiger partial charge in [0.15, 0.2) is 0 Å². The molecule has 1 heterocycles. The highest BCUT2D eigenvalue weighted by Gasteiger charge is 2.23. The molecular weight excluding hydrogens is 290 g/mol. The van der Waals surface area contributed by atoms with Gasteiger partial charge in [-0.1, -0.05) is 20.8 Å². The summed E-state index contributed by atoms with van der Waals surface area (Å²) in [6, 6.07) is 0.820. The summed E-state index contributed by atoms with van der Waals surface area (Å²) < 4.78 is 5.32. The van der Waals surface area contributed by atoms with Gasteiger partial charge in [-0.05, 0) is 65.6 Å². The average Bonchev–Trinajstić information content (AvgIpc) is 2.66. The van der Waals surface area contributed by atoms with Crippen LogP contribution in [0.1, 0.15) is 60.8 Å². The van der Waals surface area contributed by atoms with Crippen LogP contribution in [0.5, 0.6) is 0 Å². The van der Waals surface area contributed by atoms with Crippen LogP contribution >= 0.6 is 0 Å². The van der Waals surface area contributed by atoms with E-state index >= 15 is 0 Å². The largest absolute Gasteiger partial charge is 0.444 e. The Morgan fingerprint density at radius 3 is 2.52 bits per heavy atom. The summed E-state index contributed by atoms with van der Waals surface area (Å²) in [5.74, 6) is 0.468. The van der Waals surface area contributed by atoms with E-state index in [1.165, 1.54) is 32.4 Å². The van der Waals surface area contributed by atoms with Crippen molar-refractivity contribution < 1.29 is 9.53 Å². The lowest BCUT2D eigenvalue weighted by atomic mass is 10.0. The van der Waals surface area contributed by atoms with E-state index in [-0.39, 0.29) is 12.1 Å². The molecule has 5 nitrogen and oxygen atoms in total. The molecule has 0 aromatic rings. The van der Waals surface area contributed by atoms with Crippen LogP contribution < -0.4 is 10.6 Å². The van der Waals surface area contributed by atoms with Crippen LogP contribution in [0.15, 0.2) is 0 Å². The van der Waals surface area contributed by atoms with E-state index in [2.05, 4.69) is 36.3 Å². The Bertz CT molecular complexity index is 353. The molecule has 0 aromatic heterocycles. The topological polar surface area (TPSA) is 53.6 Å². The summed E-state index contributed by atoms with van der Waals surface area (Å²) in [6.45, 7) is 16.4. The first-order valence-electron chi connectivity index (χ1n) is 9.16. The Labute approximate surface area is 142 Å². The molecule has 1 amide bonds. The molecule has 1 aliphatic heterocycles. The lowest BCUT2D eigenvalue weighted by Crippen LogP contribution is -2.49. The van der Waals surface area contributed by atoms with Gasteiger partial charge in [0, 0.05) is 18.6 Å². The van der Waals surface area contributed by atoms with Crippen LogP contribution in [0.2, 0.25) is 0 Å². The van der Waals surface area contributed by atoms with E-state index in [0.717, 1.165) is 6.54 Å². The molecule has 2 N–H and O–H groups in total. The van der Waals surface area contributed by atoms with Gasteiger partial charge >= 0.3 is 6.09 Å². The normalized spacial score (nSPS) is 21.8. The van der Waals surface area contributed by atoms with Gasteiger partial charge in [-0.15, -0.1) is 0 Å². The number of amides is 1. The van der Waals surface area contributed by atoms with Gasteiger partial charge in [-0.2, -0.15) is 0 Å². The molecule has 1 fully saturated rings. The summed E-state index contributed by atoms with van der Waals surface area (Å²) >= 11 is 0. The van der Waals surface area contributed by atoms with Gasteiger partial charge in [0.1, 0.15) is 5.60 Å². The molecule has 0 aliphatic carbocycles. The monoisotopic (exact) mass is 327 g/mol. The fourth-order valence-electron chi connectivity index (χ4n) is 2.94. The molecule has 2 unspecified atom stereocenters. The SMILES string of the molecule is CCN1CCCC(NC(CNC(=O)OC(C)(C)C)C(C)C)CC1. The highest BCUT2D eigenvalue weighted by molar-refractivity contribution is 5.67. The molecule has 1 aliphatic rings. The number of rotatable bonds is 6. The van der Waals surface area contributed by atoms with Crippen molar-refractivity contribution in [2.45, 2.75) is 78.5 Å². The van der Waals surface area contributed by atoms with Crippen LogP contribution in [0, 0.1) is 5.92 Å². The zero-order chi connectivity index (χ0) is 17.5. The number of carbonyl (C=O) groups is 1. The molecule has 136 valence electrons. The molecule has 2 atom stereocenters. The highest BCUT2D eigenvalue weighted by atomic mass is 16.6. The van der Waals surface area contributed by atoms with E-state index < -0.39 is 5.60 Å². The third kappa shape index (κ3) is 8.56. The lowest BCUT2D eigenvalue weighted by molar-refractivity contribution is 0.0518. The smallest absolute Gasteiger partial charge is 0.407 e. The standard InChI is InChI=1S/C18H37N3O2/c1-7-21-11-8-9-15(10-12-21)20-16(14(2)3)13-19-17(22)23-18(4,5)6/h14-16,20H,7-13H2,1-6H3,(H,19,22). The zero-order valence-corrected chi connectivity index (χ0v) is 15.9. The second kappa shape index (κ2) is 9.48. The molecule has 0 saturated carbocycles. The Kier molecular flexibility index (Phi) is 8.34. The average molecular weight is 328 g/mol. The maximum atomic E-state index is 11.8. The maximum Gasteiger partial charge on any atom is 0.407 e. The quantitative estimate of drug-likeness (QED) is 0.787. The number of hydrogen-bond acceptors (Lipinski definition) is 4. The molecule has 0 bridgehead atoms. The van der Waals surface area contributed by atoms with E-state index in [9.17, 15) is 4.79 Å². The molecule has 0 spiro atoms. The minimum atomic E-state index is -0.449. The van der Waals surface area contributed by atoms with Crippen molar-refractivity contribution >= 4 is 6.09 Å². The van der Waals surface area contributed by atoms with Gasteiger partial charge in [0.2, 0.25) is 0 Å². The fourth-order valence-corrected chi connectivity index (χ4v) is 2.94. The Morgan fingerprint density at radius 1 is 1.26 bits per heavy atom. The number of hydrogen-bond donors (Lipinski definition) is 2. The first-order chi connectivity index (χ1) is 10.7. The molecule has 1 rings (SSSR count). The summed E-state index contributed by atoms with van der Waals surface area (Å²) in [5, 5.41) is 6.67. The predicted molar refractivity (Wildman–Crippen MR) is 95.8 cm³/mol. The maximum absolute atomic E-state index is 11.8. The van der Waals surface area contributed by atoms with Crippen molar-refractivity contribution in [2.24, 2.45) is 5.92 Å². The van der Waals surface area contributed by atoms with Crippen molar-refractivity contribution in [3.05, 3.63) is 0 Å². The molecule has 5 heteroatoms. The van der Waals surface area contributed by atoms with Crippen molar-refractivity contribution in [2.75, 3.05) is 26.2 Å². The Hall–Kier alpha value is -0.810. The molecule has 1 saturated heterocycles. The van der Waals surface area contributed by atoms with Gasteiger partial charge in [0.05, 0.1) is 0 Å². The first kappa shape index (κ1) is 20.2. The van der Waals surface area contributed by atoms with Crippen molar-refractivity contribution in [3.8, 4) is 0 Å². The summed E-state index contributed by atoms with van der Waals surface area (Å²) in [5.41, 5.74) is -0.449. The second-order valence-corrected chi connectivity index (χ2v) is 7.96. The van der Waals surface area contributed by atoms with E-state index in [4.69, 9.17) is 4.74 Å². The zero-order valence-electron chi connectivity index (χ0n) is 15.9. The number of ether oxygens (including phenoxy) is 1. The van der Waals surface area contributed by atoms with E-state index in [1.807, 2.05) is 20.8 Å². The van der Waals surface area contributed by atoms with Gasteiger partial charge in [-0.3, -0.25) is 0 Å². The van der Waals surface area contributed by atoms with Crippen LogP contribution in [-0.4, -0.2) is 54.9 Å². The number of carbonyl (C=O) groups excluding carboxylic acids is 1. The summed E-state index contributed by atoms with van der Waals surface area (Å²) in [4.78, 5) is 14.4. The van der Waals surface area contributed by atoms with Crippen molar-refractivity contribution in [1.29, 1.82) is 0 Å². The number of alkyl carbamates (subject to hydrolysis) is 1. The molecule has 0 radical (unpaired) electrons. The minimum absolute atomic E-state index is 0.278. The Morgan fingerprint density at radius 2 is 1.96 bits per heavy atom. The van der Waals surface area contributed by atoms with Crippen LogP contribution in [0.25, 0.3) is 0 Å². The second-order valence-electron chi connectivity index (χ2n) is 7.96. The van der Waals surface area contributed by atoms with Gasteiger partial charge in [0.25, 0.3) is 0 Å². The fraction of sp³-hybridized carbons (Fsp3) is 0.944. The summed E-state index contributed by atoms with van der Waals surface area (Å²) in [6.07, 6.45) is 3.31. The van der Waals surface area contributed by atoms with Gasteiger partial charge < -0.3 is 20.3 Å². The van der Waals surface area contributed by atoms with E-state index in [0.29, 0.717) is 18.5 Å². The van der Waals surface area contributed by atoms with Gasteiger partial charge in [-0.25, -0.2) is 4.79 Å². The predicted octanol–water partition coefficient (Wildman–Crippen LogP) is 3.00. The minimum Gasteiger partial charge on any atom is -0.444 e.